The summed E-state index contributed by atoms with van der Waals surface area (Å²) in [5, 5.41) is 5.73. The van der Waals surface area contributed by atoms with Gasteiger partial charge in [0.1, 0.15) is 23.9 Å². The molecule has 4 aromatic rings. The lowest BCUT2D eigenvalue weighted by Gasteiger charge is -2.23. The van der Waals surface area contributed by atoms with Crippen molar-refractivity contribution in [1.29, 1.82) is 0 Å². The number of rotatable bonds is 6. The molecular formula is C27H25N5O3. The van der Waals surface area contributed by atoms with E-state index < -0.39 is 36.0 Å². The van der Waals surface area contributed by atoms with Crippen LogP contribution < -0.4 is 10.6 Å². The van der Waals surface area contributed by atoms with E-state index in [1.54, 1.807) is 31.2 Å². The first-order chi connectivity index (χ1) is 16.9. The van der Waals surface area contributed by atoms with Gasteiger partial charge in [-0.15, -0.1) is 0 Å². The van der Waals surface area contributed by atoms with Crippen molar-refractivity contribution < 1.29 is 14.4 Å². The third-order valence-corrected chi connectivity index (χ3v) is 6.45. The predicted molar refractivity (Wildman–Crippen MR) is 131 cm³/mol. The molecule has 2 N–H and O–H groups in total. The molecule has 0 aliphatic carbocycles. The van der Waals surface area contributed by atoms with Gasteiger partial charge < -0.3 is 15.2 Å². The molecule has 35 heavy (non-hydrogen) atoms. The largest absolute Gasteiger partial charge is 0.341 e. The van der Waals surface area contributed by atoms with E-state index in [0.29, 0.717) is 11.4 Å². The molecule has 5 rings (SSSR count). The van der Waals surface area contributed by atoms with Crippen molar-refractivity contribution in [3.63, 3.8) is 0 Å². The summed E-state index contributed by atoms with van der Waals surface area (Å²) < 4.78 is 1.94. The molecule has 1 saturated heterocycles. The van der Waals surface area contributed by atoms with Crippen LogP contribution in [0.1, 0.15) is 29.9 Å². The van der Waals surface area contributed by atoms with E-state index in [2.05, 4.69) is 10.6 Å². The van der Waals surface area contributed by atoms with Gasteiger partial charge in [0.2, 0.25) is 5.91 Å². The minimum absolute atomic E-state index is 0.402. The average Bonchev–Trinajstić information content (AvgIpc) is 3.32. The van der Waals surface area contributed by atoms with Crippen LogP contribution in [-0.4, -0.2) is 38.8 Å². The Morgan fingerprint density at radius 2 is 1.60 bits per heavy atom. The van der Waals surface area contributed by atoms with Crippen molar-refractivity contribution in [2.75, 3.05) is 6.54 Å². The molecule has 2 atom stereocenters. The number of aromatic nitrogens is 2. The van der Waals surface area contributed by atoms with Gasteiger partial charge in [-0.25, -0.2) is 9.78 Å². The maximum Gasteiger partial charge on any atom is 0.325 e. The van der Waals surface area contributed by atoms with Crippen molar-refractivity contribution in [3.05, 3.63) is 102 Å². The SMILES string of the molecule is Cn1c(C(NC(=O)CN2C(=O)NC(C)(c3ccccc3)C2=O)c2ccccc2)nc2ccccc21. The van der Waals surface area contributed by atoms with E-state index in [4.69, 9.17) is 4.98 Å². The van der Waals surface area contributed by atoms with Crippen LogP contribution in [0.3, 0.4) is 0 Å². The van der Waals surface area contributed by atoms with E-state index in [-0.39, 0.29) is 0 Å². The molecule has 176 valence electrons. The van der Waals surface area contributed by atoms with Gasteiger partial charge in [0.15, 0.2) is 0 Å². The number of fused-ring (bicyclic) bond motifs is 1. The number of para-hydroxylation sites is 2. The number of hydrogen-bond acceptors (Lipinski definition) is 4. The quantitative estimate of drug-likeness (QED) is 0.426. The Morgan fingerprint density at radius 1 is 0.971 bits per heavy atom. The molecule has 0 spiro atoms. The van der Waals surface area contributed by atoms with Crippen LogP contribution in [0, 0.1) is 0 Å². The Labute approximate surface area is 202 Å². The van der Waals surface area contributed by atoms with Gasteiger partial charge in [-0.1, -0.05) is 72.8 Å². The lowest BCUT2D eigenvalue weighted by atomic mass is 9.92. The first-order valence-corrected chi connectivity index (χ1v) is 11.3. The predicted octanol–water partition coefficient (Wildman–Crippen LogP) is 3.25. The highest BCUT2D eigenvalue weighted by Crippen LogP contribution is 2.29. The van der Waals surface area contributed by atoms with Gasteiger partial charge in [0.25, 0.3) is 5.91 Å². The zero-order chi connectivity index (χ0) is 24.6. The van der Waals surface area contributed by atoms with Crippen molar-refractivity contribution in [2.24, 2.45) is 7.05 Å². The number of benzene rings is 3. The van der Waals surface area contributed by atoms with Gasteiger partial charge in [0, 0.05) is 7.05 Å². The number of carbonyl (C=O) groups is 3. The third kappa shape index (κ3) is 3.93. The summed E-state index contributed by atoms with van der Waals surface area (Å²) >= 11 is 0. The minimum atomic E-state index is -1.23. The van der Waals surface area contributed by atoms with Crippen LogP contribution in [0.2, 0.25) is 0 Å². The summed E-state index contributed by atoms with van der Waals surface area (Å²) in [5.41, 5.74) is 2.02. The Kier molecular flexibility index (Phi) is 5.56. The molecule has 3 aromatic carbocycles. The third-order valence-electron chi connectivity index (χ3n) is 6.45. The van der Waals surface area contributed by atoms with Crippen LogP contribution in [-0.2, 0) is 22.2 Å². The van der Waals surface area contributed by atoms with Crippen molar-refractivity contribution in [2.45, 2.75) is 18.5 Å². The summed E-state index contributed by atoms with van der Waals surface area (Å²) in [6.45, 7) is 1.24. The highest BCUT2D eigenvalue weighted by molar-refractivity contribution is 6.09. The van der Waals surface area contributed by atoms with Gasteiger partial charge in [-0.05, 0) is 30.2 Å². The molecule has 1 aliphatic rings. The number of aryl methyl sites for hydroxylation is 1. The summed E-state index contributed by atoms with van der Waals surface area (Å²) in [6.07, 6.45) is 0. The molecule has 0 saturated carbocycles. The number of nitrogens with zero attached hydrogens (tertiary/aromatic N) is 3. The molecule has 1 aromatic heterocycles. The smallest absolute Gasteiger partial charge is 0.325 e. The fourth-order valence-electron chi connectivity index (χ4n) is 4.52. The molecule has 1 fully saturated rings. The maximum absolute atomic E-state index is 13.2. The number of carbonyl (C=O) groups excluding carboxylic acids is 3. The fraction of sp³-hybridized carbons (Fsp3) is 0.185. The van der Waals surface area contributed by atoms with E-state index >= 15 is 0 Å². The standard InChI is InChI=1S/C27H25N5O3/c1-27(19-13-7-4-8-14-19)25(34)32(26(35)30-27)17-22(33)29-23(18-11-5-3-6-12-18)24-28-20-15-9-10-16-21(20)31(24)2/h3-16,23H,17H2,1-2H3,(H,29,33)(H,30,35). The second kappa shape index (κ2) is 8.72. The Morgan fingerprint density at radius 3 is 2.29 bits per heavy atom. The minimum Gasteiger partial charge on any atom is -0.341 e. The second-order valence-electron chi connectivity index (χ2n) is 8.74. The molecule has 0 bridgehead atoms. The monoisotopic (exact) mass is 467 g/mol. The van der Waals surface area contributed by atoms with Crippen LogP contribution in [0.4, 0.5) is 4.79 Å². The number of imide groups is 1. The average molecular weight is 468 g/mol. The number of imidazole rings is 1. The lowest BCUT2D eigenvalue weighted by molar-refractivity contribution is -0.135. The second-order valence-corrected chi connectivity index (χ2v) is 8.74. The zero-order valence-electron chi connectivity index (χ0n) is 19.4. The van der Waals surface area contributed by atoms with Crippen molar-refractivity contribution in [1.82, 2.24) is 25.1 Å². The first-order valence-electron chi connectivity index (χ1n) is 11.3. The number of nitrogens with one attached hydrogen (secondary N) is 2. The van der Waals surface area contributed by atoms with E-state index in [9.17, 15) is 14.4 Å². The summed E-state index contributed by atoms with van der Waals surface area (Å²) in [6, 6.07) is 25.0. The topological polar surface area (TPSA) is 96.3 Å². The zero-order valence-corrected chi connectivity index (χ0v) is 19.4. The molecule has 8 heteroatoms. The maximum atomic E-state index is 13.2. The number of hydrogen-bond donors (Lipinski definition) is 2. The van der Waals surface area contributed by atoms with Gasteiger partial charge >= 0.3 is 6.03 Å². The van der Waals surface area contributed by atoms with E-state index in [1.165, 1.54) is 0 Å². The van der Waals surface area contributed by atoms with Gasteiger partial charge in [-0.3, -0.25) is 14.5 Å². The molecule has 1 aliphatic heterocycles. The van der Waals surface area contributed by atoms with Crippen molar-refractivity contribution in [3.8, 4) is 0 Å². The van der Waals surface area contributed by atoms with Crippen LogP contribution in [0.5, 0.6) is 0 Å². The number of amides is 4. The van der Waals surface area contributed by atoms with Crippen molar-refractivity contribution >= 4 is 28.9 Å². The molecular weight excluding hydrogens is 442 g/mol. The molecule has 4 amide bonds. The van der Waals surface area contributed by atoms with Crippen LogP contribution in [0.15, 0.2) is 84.9 Å². The molecule has 2 heterocycles. The Bertz CT molecular complexity index is 1420. The Hall–Kier alpha value is -4.46. The molecule has 8 nitrogen and oxygen atoms in total. The fourth-order valence-corrected chi connectivity index (χ4v) is 4.52. The molecule has 0 radical (unpaired) electrons. The summed E-state index contributed by atoms with van der Waals surface area (Å²) in [7, 11) is 1.90. The molecule has 2 unspecified atom stereocenters. The summed E-state index contributed by atoms with van der Waals surface area (Å²) in [4.78, 5) is 44.8. The summed E-state index contributed by atoms with van der Waals surface area (Å²) in [5.74, 6) is -0.286. The Balaban J connectivity index is 1.42. The van der Waals surface area contributed by atoms with Crippen LogP contribution >= 0.6 is 0 Å². The van der Waals surface area contributed by atoms with Crippen LogP contribution in [0.25, 0.3) is 11.0 Å². The normalized spacial score (nSPS) is 18.5. The van der Waals surface area contributed by atoms with E-state index in [0.717, 1.165) is 21.5 Å². The van der Waals surface area contributed by atoms with Gasteiger partial charge in [0.05, 0.1) is 11.0 Å². The number of urea groups is 1. The van der Waals surface area contributed by atoms with E-state index in [1.807, 2.05) is 72.3 Å². The lowest BCUT2D eigenvalue weighted by Crippen LogP contribution is -2.44. The van der Waals surface area contributed by atoms with Gasteiger partial charge in [-0.2, -0.15) is 0 Å². The highest BCUT2D eigenvalue weighted by atomic mass is 16.2. The highest BCUT2D eigenvalue weighted by Gasteiger charge is 2.49. The first kappa shape index (κ1) is 22.3.